The normalized spacial score (nSPS) is 23.8. The summed E-state index contributed by atoms with van der Waals surface area (Å²) in [4.78, 5) is 16.5. The van der Waals surface area contributed by atoms with Crippen LogP contribution in [0.4, 0.5) is 8.78 Å². The number of likely N-dealkylation sites (tertiary alicyclic amines) is 1. The molecule has 3 rings (SSSR count). The number of piperidine rings is 1. The fourth-order valence-electron chi connectivity index (χ4n) is 4.00. The van der Waals surface area contributed by atoms with Crippen molar-refractivity contribution < 1.29 is 18.3 Å². The average molecular weight is 366 g/mol. The second-order valence-corrected chi connectivity index (χ2v) is 7.83. The van der Waals surface area contributed by atoms with E-state index in [1.807, 2.05) is 25.7 Å². The number of ether oxygens (including phenoxy) is 1. The van der Waals surface area contributed by atoms with Crippen LogP contribution in [0.15, 0.2) is 18.2 Å². The number of rotatable bonds is 4. The zero-order valence-corrected chi connectivity index (χ0v) is 15.8. The van der Waals surface area contributed by atoms with Crippen LogP contribution in [0.25, 0.3) is 0 Å². The molecule has 2 heterocycles. The van der Waals surface area contributed by atoms with Crippen LogP contribution in [-0.2, 0) is 16.0 Å². The van der Waals surface area contributed by atoms with Crippen molar-refractivity contribution in [3.05, 3.63) is 35.4 Å². The van der Waals surface area contributed by atoms with Gasteiger partial charge >= 0.3 is 0 Å². The van der Waals surface area contributed by atoms with Crippen molar-refractivity contribution in [3.8, 4) is 0 Å². The first-order valence-corrected chi connectivity index (χ1v) is 9.44. The van der Waals surface area contributed by atoms with Gasteiger partial charge in [-0.25, -0.2) is 8.78 Å². The Morgan fingerprint density at radius 3 is 2.62 bits per heavy atom. The first-order chi connectivity index (χ1) is 12.3. The third kappa shape index (κ3) is 4.07. The summed E-state index contributed by atoms with van der Waals surface area (Å²) in [6, 6.07) is 3.77. The van der Waals surface area contributed by atoms with Crippen LogP contribution in [0, 0.1) is 11.6 Å². The number of halogens is 2. The van der Waals surface area contributed by atoms with Crippen LogP contribution in [0.5, 0.6) is 0 Å². The van der Waals surface area contributed by atoms with E-state index in [1.165, 1.54) is 12.1 Å². The lowest BCUT2D eigenvalue weighted by atomic mass is 9.88. The monoisotopic (exact) mass is 366 g/mol. The molecule has 26 heavy (non-hydrogen) atoms. The summed E-state index contributed by atoms with van der Waals surface area (Å²) in [6.07, 6.45) is 1.78. The molecule has 0 N–H and O–H groups in total. The smallest absolute Gasteiger partial charge is 0.251 e. The Morgan fingerprint density at radius 1 is 1.27 bits per heavy atom. The molecular formula is C20H28F2N2O2. The van der Waals surface area contributed by atoms with Crippen molar-refractivity contribution in [2.75, 3.05) is 26.2 Å². The Labute approximate surface area is 154 Å². The van der Waals surface area contributed by atoms with Crippen LogP contribution in [0.2, 0.25) is 0 Å². The van der Waals surface area contributed by atoms with Crippen molar-refractivity contribution in [1.82, 2.24) is 9.80 Å². The molecular weight excluding hydrogens is 338 g/mol. The molecule has 4 nitrogen and oxygen atoms in total. The number of carbonyl (C=O) groups excluding carboxylic acids is 1. The molecule has 1 spiro atoms. The highest BCUT2D eigenvalue weighted by atomic mass is 19.1. The van der Waals surface area contributed by atoms with Gasteiger partial charge in [0.25, 0.3) is 5.91 Å². The van der Waals surface area contributed by atoms with E-state index in [-0.39, 0.29) is 23.4 Å². The molecule has 2 fully saturated rings. The van der Waals surface area contributed by atoms with Gasteiger partial charge in [-0.2, -0.15) is 0 Å². The zero-order valence-electron chi connectivity index (χ0n) is 15.8. The summed E-state index contributed by atoms with van der Waals surface area (Å²) in [5.41, 5.74) is 0.141. The van der Waals surface area contributed by atoms with E-state index in [2.05, 4.69) is 4.90 Å². The summed E-state index contributed by atoms with van der Waals surface area (Å²) in [5.74, 6) is -0.688. The van der Waals surface area contributed by atoms with E-state index >= 15 is 0 Å². The topological polar surface area (TPSA) is 32.8 Å². The molecule has 0 saturated carbocycles. The molecule has 0 bridgehead atoms. The van der Waals surface area contributed by atoms with Gasteiger partial charge in [-0.3, -0.25) is 4.79 Å². The lowest BCUT2D eigenvalue weighted by Crippen LogP contribution is -2.62. The summed E-state index contributed by atoms with van der Waals surface area (Å²) in [7, 11) is 0. The second-order valence-electron chi connectivity index (χ2n) is 7.83. The Kier molecular flexibility index (Phi) is 5.63. The third-order valence-electron chi connectivity index (χ3n) is 5.61. The van der Waals surface area contributed by atoms with Crippen LogP contribution < -0.4 is 0 Å². The minimum Gasteiger partial charge on any atom is -0.360 e. The maximum absolute atomic E-state index is 13.8. The van der Waals surface area contributed by atoms with Gasteiger partial charge < -0.3 is 14.5 Å². The summed E-state index contributed by atoms with van der Waals surface area (Å²) >= 11 is 0. The summed E-state index contributed by atoms with van der Waals surface area (Å²) < 4.78 is 33.2. The molecule has 0 aromatic heterocycles. The van der Waals surface area contributed by atoms with Crippen LogP contribution in [0.3, 0.4) is 0 Å². The van der Waals surface area contributed by atoms with Crippen molar-refractivity contribution in [3.63, 3.8) is 0 Å². The highest BCUT2D eigenvalue weighted by Crippen LogP contribution is 2.33. The van der Waals surface area contributed by atoms with Crippen LogP contribution in [0.1, 0.15) is 39.2 Å². The van der Waals surface area contributed by atoms with Crippen molar-refractivity contribution in [2.24, 2.45) is 0 Å². The average Bonchev–Trinajstić information content (AvgIpc) is 2.60. The zero-order chi connectivity index (χ0) is 18.9. The number of carbonyl (C=O) groups is 1. The number of benzene rings is 1. The van der Waals surface area contributed by atoms with Gasteiger partial charge in [0.2, 0.25) is 0 Å². The molecule has 144 valence electrons. The van der Waals surface area contributed by atoms with E-state index in [1.54, 1.807) is 0 Å². The Bertz CT molecular complexity index is 657. The van der Waals surface area contributed by atoms with Crippen molar-refractivity contribution in [2.45, 2.75) is 57.8 Å². The Morgan fingerprint density at radius 2 is 1.96 bits per heavy atom. The van der Waals surface area contributed by atoms with Crippen molar-refractivity contribution >= 4 is 5.91 Å². The molecule has 2 aliphatic rings. The minimum atomic E-state index is -0.404. The lowest BCUT2D eigenvalue weighted by Gasteiger charge is -2.50. The van der Waals surface area contributed by atoms with E-state index in [9.17, 15) is 13.6 Å². The maximum Gasteiger partial charge on any atom is 0.251 e. The molecule has 0 aliphatic carbocycles. The molecule has 1 atom stereocenters. The first-order valence-electron chi connectivity index (χ1n) is 9.44. The van der Waals surface area contributed by atoms with Gasteiger partial charge in [-0.1, -0.05) is 0 Å². The van der Waals surface area contributed by atoms with Crippen molar-refractivity contribution in [1.29, 1.82) is 0 Å². The largest absolute Gasteiger partial charge is 0.360 e. The molecule has 0 radical (unpaired) electrons. The van der Waals surface area contributed by atoms with Gasteiger partial charge in [0.1, 0.15) is 17.7 Å². The lowest BCUT2D eigenvalue weighted by molar-refractivity contribution is -0.192. The molecule has 2 saturated heterocycles. The van der Waals surface area contributed by atoms with Gasteiger partial charge in [0.15, 0.2) is 0 Å². The van der Waals surface area contributed by atoms with E-state index in [4.69, 9.17) is 4.74 Å². The highest BCUT2D eigenvalue weighted by molar-refractivity contribution is 5.81. The summed E-state index contributed by atoms with van der Waals surface area (Å²) in [6.45, 7) is 8.91. The SMILES string of the molecule is CC(C)N1CC2(CCN(CCc3cc(F)ccc3F)CC2)O[C@H](C)C1=O. The van der Waals surface area contributed by atoms with Gasteiger partial charge in [0, 0.05) is 25.7 Å². The maximum atomic E-state index is 13.8. The van der Waals surface area contributed by atoms with E-state index < -0.39 is 11.9 Å². The molecule has 1 aromatic rings. The van der Waals surface area contributed by atoms with Crippen LogP contribution in [-0.4, -0.2) is 59.6 Å². The molecule has 1 amide bonds. The number of nitrogens with zero attached hydrogens (tertiary/aromatic N) is 2. The summed E-state index contributed by atoms with van der Waals surface area (Å²) in [5, 5.41) is 0. The standard InChI is InChI=1S/C20H28F2N2O2/c1-14(2)24-13-20(26-15(3)19(24)25)7-10-23(11-8-20)9-6-16-12-17(21)4-5-18(16)22/h4-5,12,14-15H,6-11,13H2,1-3H3/t15-/m1/s1. The number of hydrogen-bond acceptors (Lipinski definition) is 3. The highest BCUT2D eigenvalue weighted by Gasteiger charge is 2.45. The quantitative estimate of drug-likeness (QED) is 0.821. The van der Waals surface area contributed by atoms with Gasteiger partial charge in [-0.15, -0.1) is 0 Å². The van der Waals surface area contributed by atoms with Gasteiger partial charge in [-0.05, 0) is 63.8 Å². The number of morpholine rings is 1. The minimum absolute atomic E-state index is 0.0645. The number of amides is 1. The Balaban J connectivity index is 1.57. The van der Waals surface area contributed by atoms with Crippen LogP contribution >= 0.6 is 0 Å². The number of hydrogen-bond donors (Lipinski definition) is 0. The van der Waals surface area contributed by atoms with Gasteiger partial charge in [0.05, 0.1) is 12.1 Å². The fourth-order valence-corrected chi connectivity index (χ4v) is 4.00. The predicted molar refractivity (Wildman–Crippen MR) is 95.9 cm³/mol. The Hall–Kier alpha value is -1.53. The first kappa shape index (κ1) is 19.2. The molecule has 2 aliphatic heterocycles. The molecule has 6 heteroatoms. The second kappa shape index (κ2) is 7.61. The third-order valence-corrected chi connectivity index (χ3v) is 5.61. The van der Waals surface area contributed by atoms with E-state index in [0.29, 0.717) is 25.1 Å². The molecule has 1 aromatic carbocycles. The predicted octanol–water partition coefficient (Wildman–Crippen LogP) is 3.00. The molecule has 0 unspecified atom stereocenters. The fraction of sp³-hybridized carbons (Fsp3) is 0.650. The van der Waals surface area contributed by atoms with E-state index in [0.717, 1.165) is 32.0 Å².